The second-order valence-corrected chi connectivity index (χ2v) is 4.50. The summed E-state index contributed by atoms with van der Waals surface area (Å²) in [4.78, 5) is 14.8. The fourth-order valence-electron chi connectivity index (χ4n) is 1.79. The van der Waals surface area contributed by atoms with E-state index < -0.39 is 17.7 Å². The van der Waals surface area contributed by atoms with Crippen LogP contribution in [0.3, 0.4) is 0 Å². The van der Waals surface area contributed by atoms with Crippen molar-refractivity contribution in [3.8, 4) is 0 Å². The fourth-order valence-corrected chi connectivity index (χ4v) is 1.79. The second kappa shape index (κ2) is 4.39. The second-order valence-electron chi connectivity index (χ2n) is 4.50. The number of nitrogens with zero attached hydrogens (tertiary/aromatic N) is 1. The predicted octanol–water partition coefficient (Wildman–Crippen LogP) is 2.28. The van der Waals surface area contributed by atoms with Crippen LogP contribution in [0.5, 0.6) is 0 Å². The van der Waals surface area contributed by atoms with E-state index in [1.165, 1.54) is 6.07 Å². The van der Waals surface area contributed by atoms with Gasteiger partial charge < -0.3 is 5.32 Å². The van der Waals surface area contributed by atoms with Gasteiger partial charge in [0.2, 0.25) is 5.95 Å². The molecule has 1 aliphatic rings. The molecule has 0 radical (unpaired) electrons. The van der Waals surface area contributed by atoms with Crippen LogP contribution in [0.2, 0.25) is 0 Å². The SMILES string of the molecule is CCC1(CNC(=O)c2ccnc(F)c2F)CC1. The third-order valence-corrected chi connectivity index (χ3v) is 3.42. The number of carbonyl (C=O) groups excluding carboxylic acids is 1. The summed E-state index contributed by atoms with van der Waals surface area (Å²) in [6.07, 6.45) is 4.23. The molecule has 1 saturated carbocycles. The maximum absolute atomic E-state index is 13.3. The van der Waals surface area contributed by atoms with Crippen LogP contribution in [0.25, 0.3) is 0 Å². The molecule has 1 amide bonds. The van der Waals surface area contributed by atoms with Gasteiger partial charge in [-0.1, -0.05) is 6.92 Å². The van der Waals surface area contributed by atoms with Gasteiger partial charge in [-0.25, -0.2) is 9.37 Å². The molecule has 2 rings (SSSR count). The van der Waals surface area contributed by atoms with Crippen LogP contribution in [0.4, 0.5) is 8.78 Å². The minimum Gasteiger partial charge on any atom is -0.351 e. The Morgan fingerprint density at radius 3 is 2.82 bits per heavy atom. The molecule has 0 aromatic carbocycles. The van der Waals surface area contributed by atoms with E-state index in [2.05, 4.69) is 17.2 Å². The molecule has 0 spiro atoms. The summed E-state index contributed by atoms with van der Waals surface area (Å²) in [7, 11) is 0. The number of halogens is 2. The van der Waals surface area contributed by atoms with Crippen molar-refractivity contribution in [3.63, 3.8) is 0 Å². The van der Waals surface area contributed by atoms with Gasteiger partial charge in [-0.15, -0.1) is 0 Å². The molecule has 1 fully saturated rings. The summed E-state index contributed by atoms with van der Waals surface area (Å²) >= 11 is 0. The van der Waals surface area contributed by atoms with Crippen molar-refractivity contribution < 1.29 is 13.6 Å². The van der Waals surface area contributed by atoms with E-state index in [-0.39, 0.29) is 11.0 Å². The molecule has 0 atom stereocenters. The van der Waals surface area contributed by atoms with E-state index in [1.807, 2.05) is 0 Å². The third kappa shape index (κ3) is 2.43. The lowest BCUT2D eigenvalue weighted by molar-refractivity contribution is 0.0939. The van der Waals surface area contributed by atoms with E-state index in [0.717, 1.165) is 25.5 Å². The topological polar surface area (TPSA) is 42.0 Å². The molecular weight excluding hydrogens is 226 g/mol. The third-order valence-electron chi connectivity index (χ3n) is 3.42. The van der Waals surface area contributed by atoms with Crippen molar-refractivity contribution in [2.24, 2.45) is 5.41 Å². The molecule has 92 valence electrons. The quantitative estimate of drug-likeness (QED) is 0.820. The van der Waals surface area contributed by atoms with Crippen LogP contribution in [-0.2, 0) is 0 Å². The lowest BCUT2D eigenvalue weighted by Gasteiger charge is -2.13. The lowest BCUT2D eigenvalue weighted by Crippen LogP contribution is -2.30. The maximum atomic E-state index is 13.3. The summed E-state index contributed by atoms with van der Waals surface area (Å²) in [5, 5.41) is 2.65. The number of amides is 1. The van der Waals surface area contributed by atoms with Gasteiger partial charge in [0.25, 0.3) is 5.91 Å². The molecule has 1 aromatic rings. The van der Waals surface area contributed by atoms with Crippen molar-refractivity contribution in [2.75, 3.05) is 6.54 Å². The van der Waals surface area contributed by atoms with Crippen molar-refractivity contribution >= 4 is 5.91 Å². The average molecular weight is 240 g/mol. The van der Waals surface area contributed by atoms with Gasteiger partial charge >= 0.3 is 0 Å². The minimum atomic E-state index is -1.24. The first kappa shape index (κ1) is 12.0. The van der Waals surface area contributed by atoms with Crippen molar-refractivity contribution in [1.29, 1.82) is 0 Å². The van der Waals surface area contributed by atoms with E-state index in [9.17, 15) is 13.6 Å². The van der Waals surface area contributed by atoms with Crippen molar-refractivity contribution in [3.05, 3.63) is 29.6 Å². The molecule has 0 saturated heterocycles. The molecule has 1 heterocycles. The molecule has 0 aliphatic heterocycles. The zero-order valence-electron chi connectivity index (χ0n) is 9.59. The molecule has 0 bridgehead atoms. The van der Waals surface area contributed by atoms with Crippen LogP contribution >= 0.6 is 0 Å². The monoisotopic (exact) mass is 240 g/mol. The largest absolute Gasteiger partial charge is 0.351 e. The van der Waals surface area contributed by atoms with Crippen LogP contribution in [0.15, 0.2) is 12.3 Å². The van der Waals surface area contributed by atoms with Crippen molar-refractivity contribution in [2.45, 2.75) is 26.2 Å². The highest BCUT2D eigenvalue weighted by Crippen LogP contribution is 2.47. The normalized spacial score (nSPS) is 16.6. The number of aromatic nitrogens is 1. The summed E-state index contributed by atoms with van der Waals surface area (Å²) in [5.74, 6) is -3.01. The Labute approximate surface area is 98.2 Å². The smallest absolute Gasteiger partial charge is 0.254 e. The molecule has 1 aromatic heterocycles. The summed E-state index contributed by atoms with van der Waals surface area (Å²) < 4.78 is 26.1. The molecule has 1 N–H and O–H groups in total. The predicted molar refractivity (Wildman–Crippen MR) is 58.4 cm³/mol. The highest BCUT2D eigenvalue weighted by atomic mass is 19.2. The summed E-state index contributed by atoms with van der Waals surface area (Å²) in [6, 6.07) is 1.18. The first-order chi connectivity index (χ1) is 8.08. The number of nitrogens with one attached hydrogen (secondary N) is 1. The minimum absolute atomic E-state index is 0.178. The van der Waals surface area contributed by atoms with Crippen LogP contribution < -0.4 is 5.32 Å². The summed E-state index contributed by atoms with van der Waals surface area (Å²) in [6.45, 7) is 2.58. The zero-order chi connectivity index (χ0) is 12.5. The van der Waals surface area contributed by atoms with Gasteiger partial charge in [-0.05, 0) is 30.7 Å². The standard InChI is InChI=1S/C12H14F2N2O/c1-2-12(4-5-12)7-16-11(17)8-3-6-15-10(14)9(8)13/h3,6H,2,4-5,7H2,1H3,(H,16,17). The maximum Gasteiger partial charge on any atom is 0.254 e. The molecule has 5 heteroatoms. The van der Waals surface area contributed by atoms with Crippen LogP contribution in [0.1, 0.15) is 36.5 Å². The number of carbonyl (C=O) groups is 1. The average Bonchev–Trinajstić information content (AvgIpc) is 3.10. The molecule has 1 aliphatic carbocycles. The zero-order valence-corrected chi connectivity index (χ0v) is 9.59. The highest BCUT2D eigenvalue weighted by molar-refractivity contribution is 5.94. The van der Waals surface area contributed by atoms with Gasteiger partial charge in [0.05, 0.1) is 5.56 Å². The van der Waals surface area contributed by atoms with Gasteiger partial charge in [-0.3, -0.25) is 4.79 Å². The molecular formula is C12H14F2N2O. The Hall–Kier alpha value is -1.52. The van der Waals surface area contributed by atoms with Gasteiger partial charge in [-0.2, -0.15) is 4.39 Å². The number of hydrogen-bond acceptors (Lipinski definition) is 2. The first-order valence-electron chi connectivity index (χ1n) is 5.66. The Kier molecular flexibility index (Phi) is 3.09. The fraction of sp³-hybridized carbons (Fsp3) is 0.500. The van der Waals surface area contributed by atoms with Crippen LogP contribution in [-0.4, -0.2) is 17.4 Å². The number of rotatable bonds is 4. The van der Waals surface area contributed by atoms with E-state index in [0.29, 0.717) is 6.54 Å². The Bertz CT molecular complexity index is 444. The summed E-state index contributed by atoms with van der Waals surface area (Å²) in [5.41, 5.74) is -0.109. The Morgan fingerprint density at radius 1 is 1.53 bits per heavy atom. The van der Waals surface area contributed by atoms with Crippen LogP contribution in [0, 0.1) is 17.2 Å². The van der Waals surface area contributed by atoms with Gasteiger partial charge in [0, 0.05) is 12.7 Å². The molecule has 0 unspecified atom stereocenters. The first-order valence-corrected chi connectivity index (χ1v) is 5.66. The lowest BCUT2D eigenvalue weighted by atomic mass is 10.0. The Balaban J connectivity index is 2.02. The molecule has 3 nitrogen and oxygen atoms in total. The Morgan fingerprint density at radius 2 is 2.24 bits per heavy atom. The van der Waals surface area contributed by atoms with E-state index in [1.54, 1.807) is 0 Å². The number of hydrogen-bond donors (Lipinski definition) is 1. The molecule has 17 heavy (non-hydrogen) atoms. The van der Waals surface area contributed by atoms with E-state index in [4.69, 9.17) is 0 Å². The van der Waals surface area contributed by atoms with Crippen molar-refractivity contribution in [1.82, 2.24) is 10.3 Å². The van der Waals surface area contributed by atoms with Gasteiger partial charge in [0.1, 0.15) is 0 Å². The van der Waals surface area contributed by atoms with E-state index >= 15 is 0 Å². The van der Waals surface area contributed by atoms with Gasteiger partial charge in [0.15, 0.2) is 5.82 Å². The number of pyridine rings is 1. The highest BCUT2D eigenvalue weighted by Gasteiger charge is 2.40.